The van der Waals surface area contributed by atoms with E-state index in [4.69, 9.17) is 5.11 Å². The Morgan fingerprint density at radius 3 is 2.76 bits per heavy atom. The Labute approximate surface area is 103 Å². The van der Waals surface area contributed by atoms with Crippen LogP contribution in [0.4, 0.5) is 5.95 Å². The first-order valence-electron chi connectivity index (χ1n) is 6.09. The van der Waals surface area contributed by atoms with E-state index < -0.39 is 0 Å². The number of rotatable bonds is 7. The zero-order valence-corrected chi connectivity index (χ0v) is 11.3. The Hall–Kier alpha value is -1.07. The van der Waals surface area contributed by atoms with Gasteiger partial charge in [-0.2, -0.15) is 0 Å². The number of aromatic nitrogens is 2. The number of aliphatic hydroxyl groups excluding tert-OH is 1. The van der Waals surface area contributed by atoms with Crippen molar-refractivity contribution < 1.29 is 5.11 Å². The van der Waals surface area contributed by atoms with E-state index in [1.807, 2.05) is 39.2 Å². The molecule has 0 fully saturated rings. The van der Waals surface area contributed by atoms with Gasteiger partial charge >= 0.3 is 0 Å². The monoisotopic (exact) mass is 240 g/mol. The molecule has 5 nitrogen and oxygen atoms in total. The highest BCUT2D eigenvalue weighted by atomic mass is 16.3. The molecule has 98 valence electrons. The van der Waals surface area contributed by atoms with Crippen LogP contribution in [0.5, 0.6) is 0 Å². The predicted octanol–water partition coefficient (Wildman–Crippen LogP) is 0.737. The highest BCUT2D eigenvalue weighted by Crippen LogP contribution is 2.10. The summed E-state index contributed by atoms with van der Waals surface area (Å²) < 4.78 is 2.08. The van der Waals surface area contributed by atoms with E-state index in [0.29, 0.717) is 0 Å². The lowest BCUT2D eigenvalue weighted by Gasteiger charge is -2.13. The fraction of sp³-hybridized carbons (Fsp3) is 0.750. The second-order valence-electron chi connectivity index (χ2n) is 4.67. The Balaban J connectivity index is 2.32. The number of nitrogens with one attached hydrogen (secondary N) is 1. The minimum Gasteiger partial charge on any atom is -0.393 e. The van der Waals surface area contributed by atoms with Gasteiger partial charge in [0.25, 0.3) is 0 Å². The van der Waals surface area contributed by atoms with Gasteiger partial charge in [-0.25, -0.2) is 4.98 Å². The number of aliphatic hydroxyl groups is 1. The van der Waals surface area contributed by atoms with Crippen molar-refractivity contribution in [2.24, 2.45) is 7.05 Å². The fourth-order valence-electron chi connectivity index (χ4n) is 1.75. The minimum atomic E-state index is -0.200. The van der Waals surface area contributed by atoms with Crippen LogP contribution in [-0.4, -0.2) is 41.4 Å². The molecule has 1 atom stereocenters. The quantitative estimate of drug-likeness (QED) is 0.690. The summed E-state index contributed by atoms with van der Waals surface area (Å²) in [5.74, 6) is 0.964. The van der Waals surface area contributed by atoms with Crippen molar-refractivity contribution in [3.8, 4) is 0 Å². The molecule has 0 spiro atoms. The molecule has 1 rings (SSSR count). The number of nitrogens with zero attached hydrogens (tertiary/aromatic N) is 3. The van der Waals surface area contributed by atoms with Crippen molar-refractivity contribution >= 4 is 5.95 Å². The van der Waals surface area contributed by atoms with Gasteiger partial charge in [0.1, 0.15) is 0 Å². The molecule has 1 heterocycles. The Morgan fingerprint density at radius 1 is 1.53 bits per heavy atom. The number of anilines is 1. The van der Waals surface area contributed by atoms with Gasteiger partial charge in [0, 0.05) is 27.7 Å². The van der Waals surface area contributed by atoms with Gasteiger partial charge < -0.3 is 19.9 Å². The third-order valence-electron chi connectivity index (χ3n) is 2.74. The zero-order valence-electron chi connectivity index (χ0n) is 11.3. The lowest BCUT2D eigenvalue weighted by molar-refractivity contribution is 0.181. The number of hydrogen-bond donors (Lipinski definition) is 2. The van der Waals surface area contributed by atoms with Crippen LogP contribution in [0.2, 0.25) is 0 Å². The van der Waals surface area contributed by atoms with Crippen LogP contribution in [0.15, 0.2) is 6.20 Å². The van der Waals surface area contributed by atoms with E-state index >= 15 is 0 Å². The van der Waals surface area contributed by atoms with Gasteiger partial charge in [-0.3, -0.25) is 0 Å². The summed E-state index contributed by atoms with van der Waals surface area (Å²) in [6, 6.07) is 0. The first kappa shape index (κ1) is 14.0. The van der Waals surface area contributed by atoms with Crippen LogP contribution in [0, 0.1) is 0 Å². The van der Waals surface area contributed by atoms with Gasteiger partial charge in [-0.05, 0) is 26.3 Å². The highest BCUT2D eigenvalue weighted by molar-refractivity contribution is 5.30. The molecule has 17 heavy (non-hydrogen) atoms. The molecule has 0 aromatic carbocycles. The smallest absolute Gasteiger partial charge is 0.204 e. The van der Waals surface area contributed by atoms with Crippen molar-refractivity contribution in [1.82, 2.24) is 14.9 Å². The zero-order chi connectivity index (χ0) is 12.8. The highest BCUT2D eigenvalue weighted by Gasteiger charge is 2.07. The molecule has 0 saturated heterocycles. The molecule has 1 aromatic rings. The summed E-state index contributed by atoms with van der Waals surface area (Å²) in [6.07, 6.45) is 3.54. The second kappa shape index (κ2) is 6.61. The third kappa shape index (κ3) is 4.36. The molecule has 5 heteroatoms. The van der Waals surface area contributed by atoms with Gasteiger partial charge in [0.05, 0.1) is 18.0 Å². The van der Waals surface area contributed by atoms with Crippen LogP contribution in [0.3, 0.4) is 0 Å². The summed E-state index contributed by atoms with van der Waals surface area (Å²) >= 11 is 0. The van der Waals surface area contributed by atoms with Crippen molar-refractivity contribution in [3.63, 3.8) is 0 Å². The molecular formula is C12H24N4O. The second-order valence-corrected chi connectivity index (χ2v) is 4.67. The molecular weight excluding hydrogens is 216 g/mol. The van der Waals surface area contributed by atoms with Crippen LogP contribution >= 0.6 is 0 Å². The fourth-order valence-corrected chi connectivity index (χ4v) is 1.75. The first-order valence-corrected chi connectivity index (χ1v) is 6.09. The van der Waals surface area contributed by atoms with Crippen molar-refractivity contribution in [2.45, 2.75) is 32.4 Å². The van der Waals surface area contributed by atoms with Crippen molar-refractivity contribution in [1.29, 1.82) is 0 Å². The van der Waals surface area contributed by atoms with Crippen LogP contribution in [-0.2, 0) is 13.6 Å². The van der Waals surface area contributed by atoms with E-state index in [9.17, 15) is 0 Å². The SMILES string of the molecule is CC(O)CCCNCc1cnc(N(C)C)n1C. The summed E-state index contributed by atoms with van der Waals surface area (Å²) in [5, 5.41) is 12.5. The van der Waals surface area contributed by atoms with Crippen LogP contribution in [0.1, 0.15) is 25.5 Å². The van der Waals surface area contributed by atoms with Gasteiger partial charge in [-0.1, -0.05) is 0 Å². The Morgan fingerprint density at radius 2 is 2.24 bits per heavy atom. The molecule has 0 saturated carbocycles. The molecule has 1 unspecified atom stereocenters. The largest absolute Gasteiger partial charge is 0.393 e. The maximum atomic E-state index is 9.13. The average Bonchev–Trinajstić information content (AvgIpc) is 2.59. The average molecular weight is 240 g/mol. The normalized spacial score (nSPS) is 12.8. The van der Waals surface area contributed by atoms with Crippen LogP contribution < -0.4 is 10.2 Å². The van der Waals surface area contributed by atoms with Crippen molar-refractivity contribution in [3.05, 3.63) is 11.9 Å². The van der Waals surface area contributed by atoms with Crippen LogP contribution in [0.25, 0.3) is 0 Å². The molecule has 0 aliphatic heterocycles. The lowest BCUT2D eigenvalue weighted by Crippen LogP contribution is -2.19. The summed E-state index contributed by atoms with van der Waals surface area (Å²) in [4.78, 5) is 6.35. The van der Waals surface area contributed by atoms with Crippen molar-refractivity contribution in [2.75, 3.05) is 25.5 Å². The molecule has 0 amide bonds. The molecule has 0 bridgehead atoms. The molecule has 0 radical (unpaired) electrons. The summed E-state index contributed by atoms with van der Waals surface area (Å²) in [5.41, 5.74) is 1.17. The van der Waals surface area contributed by atoms with E-state index in [2.05, 4.69) is 14.9 Å². The molecule has 0 aliphatic carbocycles. The summed E-state index contributed by atoms with van der Waals surface area (Å²) in [7, 11) is 6.00. The van der Waals surface area contributed by atoms with E-state index in [1.165, 1.54) is 5.69 Å². The van der Waals surface area contributed by atoms with E-state index in [-0.39, 0.29) is 6.10 Å². The standard InChI is InChI=1S/C12H24N4O/c1-10(17)6-5-7-13-8-11-9-14-12(15(2)3)16(11)4/h9-10,13,17H,5-8H2,1-4H3. The van der Waals surface area contributed by atoms with Gasteiger partial charge in [-0.15, -0.1) is 0 Å². The molecule has 1 aromatic heterocycles. The molecule has 0 aliphatic rings. The Kier molecular flexibility index (Phi) is 5.44. The first-order chi connectivity index (χ1) is 8.02. The maximum Gasteiger partial charge on any atom is 0.204 e. The topological polar surface area (TPSA) is 53.3 Å². The molecule has 2 N–H and O–H groups in total. The third-order valence-corrected chi connectivity index (χ3v) is 2.74. The van der Waals surface area contributed by atoms with E-state index in [1.54, 1.807) is 0 Å². The maximum absolute atomic E-state index is 9.13. The van der Waals surface area contributed by atoms with E-state index in [0.717, 1.165) is 31.9 Å². The summed E-state index contributed by atoms with van der Waals surface area (Å²) in [6.45, 7) is 3.56. The number of hydrogen-bond acceptors (Lipinski definition) is 4. The number of imidazole rings is 1. The minimum absolute atomic E-state index is 0.200. The van der Waals surface area contributed by atoms with Gasteiger partial charge in [0.2, 0.25) is 5.95 Å². The lowest BCUT2D eigenvalue weighted by atomic mass is 10.2. The Bertz CT molecular complexity index is 333. The van der Waals surface area contributed by atoms with Gasteiger partial charge in [0.15, 0.2) is 0 Å². The predicted molar refractivity (Wildman–Crippen MR) is 70.2 cm³/mol.